The Balaban J connectivity index is 3.74. The average molecular weight is 147 g/mol. The summed E-state index contributed by atoms with van der Waals surface area (Å²) in [5, 5.41) is 19.2. The Hall–Kier alpha value is -0.640. The summed E-state index contributed by atoms with van der Waals surface area (Å²) >= 11 is 0. The molecule has 4 heteroatoms. The molecule has 0 bridgehead atoms. The Labute approximate surface area is 60.0 Å². The molecule has 0 radical (unpaired) electrons. The zero-order valence-corrected chi connectivity index (χ0v) is 6.33. The number of nitro groups is 1. The molecule has 0 aromatic rings. The second kappa shape index (κ2) is 3.51. The van der Waals surface area contributed by atoms with Gasteiger partial charge in [-0.3, -0.25) is 10.1 Å². The maximum atomic E-state index is 9.94. The van der Waals surface area contributed by atoms with Crippen molar-refractivity contribution in [2.45, 2.75) is 32.3 Å². The van der Waals surface area contributed by atoms with Gasteiger partial charge in [-0.05, 0) is 13.3 Å². The lowest BCUT2D eigenvalue weighted by Gasteiger charge is -2.16. The second-order valence-electron chi connectivity index (χ2n) is 2.74. The van der Waals surface area contributed by atoms with Crippen LogP contribution in [0.15, 0.2) is 0 Å². The molecular weight excluding hydrogens is 134 g/mol. The summed E-state index contributed by atoms with van der Waals surface area (Å²) in [7, 11) is 0. The van der Waals surface area contributed by atoms with E-state index >= 15 is 0 Å². The van der Waals surface area contributed by atoms with Crippen LogP contribution in [0.25, 0.3) is 0 Å². The lowest BCUT2D eigenvalue weighted by atomic mass is 10.0. The standard InChI is InChI=1S/C6H13NO3/c1-3-4-6(2,8)5-7(9)10/h8H,3-5H2,1-2H3. The predicted molar refractivity (Wildman–Crippen MR) is 37.4 cm³/mol. The topological polar surface area (TPSA) is 63.4 Å². The number of nitrogens with zero attached hydrogens (tertiary/aromatic N) is 1. The zero-order valence-electron chi connectivity index (χ0n) is 6.33. The van der Waals surface area contributed by atoms with Crippen molar-refractivity contribution in [3.05, 3.63) is 10.1 Å². The van der Waals surface area contributed by atoms with Gasteiger partial charge in [0.05, 0.1) is 0 Å². The van der Waals surface area contributed by atoms with E-state index in [9.17, 15) is 15.2 Å². The van der Waals surface area contributed by atoms with Crippen LogP contribution in [0.3, 0.4) is 0 Å². The minimum absolute atomic E-state index is 0.360. The molecule has 0 aromatic heterocycles. The van der Waals surface area contributed by atoms with Crippen molar-refractivity contribution in [1.29, 1.82) is 0 Å². The first-order valence-electron chi connectivity index (χ1n) is 3.32. The fourth-order valence-corrected chi connectivity index (χ4v) is 0.896. The van der Waals surface area contributed by atoms with Crippen molar-refractivity contribution in [2.75, 3.05) is 6.54 Å². The highest BCUT2D eigenvalue weighted by Crippen LogP contribution is 2.10. The summed E-state index contributed by atoms with van der Waals surface area (Å²) in [4.78, 5) is 9.44. The smallest absolute Gasteiger partial charge is 0.231 e. The zero-order chi connectivity index (χ0) is 8.20. The van der Waals surface area contributed by atoms with Crippen molar-refractivity contribution >= 4 is 0 Å². The van der Waals surface area contributed by atoms with Gasteiger partial charge >= 0.3 is 0 Å². The maximum absolute atomic E-state index is 9.94. The van der Waals surface area contributed by atoms with Gasteiger partial charge in [0.2, 0.25) is 6.54 Å². The minimum Gasteiger partial charge on any atom is -0.383 e. The van der Waals surface area contributed by atoms with Crippen LogP contribution in [0, 0.1) is 10.1 Å². The summed E-state index contributed by atoms with van der Waals surface area (Å²) in [6, 6.07) is 0. The SMILES string of the molecule is CCCC(C)(O)C[N+](=O)[O-]. The average Bonchev–Trinajstić information content (AvgIpc) is 1.59. The monoisotopic (exact) mass is 147 g/mol. The molecule has 0 rings (SSSR count). The Morgan fingerprint density at radius 3 is 2.50 bits per heavy atom. The molecule has 0 amide bonds. The normalized spacial score (nSPS) is 16.3. The third kappa shape index (κ3) is 4.26. The van der Waals surface area contributed by atoms with Crippen LogP contribution in [-0.2, 0) is 0 Å². The van der Waals surface area contributed by atoms with E-state index in [1.165, 1.54) is 6.92 Å². The lowest BCUT2D eigenvalue weighted by molar-refractivity contribution is -0.499. The third-order valence-electron chi connectivity index (χ3n) is 1.26. The summed E-state index contributed by atoms with van der Waals surface area (Å²) in [5.74, 6) is 0. The number of hydrogen-bond donors (Lipinski definition) is 1. The van der Waals surface area contributed by atoms with E-state index in [1.807, 2.05) is 6.92 Å². The highest BCUT2D eigenvalue weighted by atomic mass is 16.6. The van der Waals surface area contributed by atoms with Crippen molar-refractivity contribution in [2.24, 2.45) is 0 Å². The van der Waals surface area contributed by atoms with E-state index in [0.29, 0.717) is 6.42 Å². The van der Waals surface area contributed by atoms with Gasteiger partial charge in [-0.15, -0.1) is 0 Å². The second-order valence-corrected chi connectivity index (χ2v) is 2.74. The van der Waals surface area contributed by atoms with Gasteiger partial charge in [-0.25, -0.2) is 0 Å². The lowest BCUT2D eigenvalue weighted by Crippen LogP contribution is -2.33. The molecule has 10 heavy (non-hydrogen) atoms. The van der Waals surface area contributed by atoms with Gasteiger partial charge in [-0.2, -0.15) is 0 Å². The Morgan fingerprint density at radius 1 is 1.70 bits per heavy atom. The van der Waals surface area contributed by atoms with Crippen LogP contribution in [-0.4, -0.2) is 22.2 Å². The molecule has 0 saturated heterocycles. The molecule has 1 unspecified atom stereocenters. The van der Waals surface area contributed by atoms with E-state index in [4.69, 9.17) is 0 Å². The highest BCUT2D eigenvalue weighted by molar-refractivity contribution is 4.69. The Morgan fingerprint density at radius 2 is 2.20 bits per heavy atom. The van der Waals surface area contributed by atoms with Crippen molar-refractivity contribution in [3.63, 3.8) is 0 Å². The van der Waals surface area contributed by atoms with Crippen LogP contribution in [0.2, 0.25) is 0 Å². The first kappa shape index (κ1) is 9.36. The first-order valence-corrected chi connectivity index (χ1v) is 3.32. The summed E-state index contributed by atoms with van der Waals surface area (Å²) in [6.45, 7) is 3.01. The molecule has 1 N–H and O–H groups in total. The third-order valence-corrected chi connectivity index (χ3v) is 1.26. The van der Waals surface area contributed by atoms with Crippen LogP contribution in [0.5, 0.6) is 0 Å². The molecule has 0 fully saturated rings. The molecule has 1 atom stereocenters. The molecule has 4 nitrogen and oxygen atoms in total. The summed E-state index contributed by atoms with van der Waals surface area (Å²) < 4.78 is 0. The van der Waals surface area contributed by atoms with Crippen molar-refractivity contribution in [3.8, 4) is 0 Å². The summed E-state index contributed by atoms with van der Waals surface area (Å²) in [6.07, 6.45) is 1.24. The van der Waals surface area contributed by atoms with Crippen molar-refractivity contribution < 1.29 is 10.0 Å². The fraction of sp³-hybridized carbons (Fsp3) is 1.00. The largest absolute Gasteiger partial charge is 0.383 e. The Bertz CT molecular complexity index is 122. The summed E-state index contributed by atoms with van der Waals surface area (Å²) in [5.41, 5.74) is -1.13. The number of aliphatic hydroxyl groups is 1. The predicted octanol–water partition coefficient (Wildman–Crippen LogP) is 0.814. The number of rotatable bonds is 4. The van der Waals surface area contributed by atoms with Gasteiger partial charge < -0.3 is 5.11 Å². The molecule has 0 aromatic carbocycles. The molecule has 0 spiro atoms. The maximum Gasteiger partial charge on any atom is 0.231 e. The van der Waals surface area contributed by atoms with Gasteiger partial charge in [0, 0.05) is 4.92 Å². The minimum atomic E-state index is -1.13. The molecule has 0 aliphatic heterocycles. The van der Waals surface area contributed by atoms with Crippen LogP contribution < -0.4 is 0 Å². The van der Waals surface area contributed by atoms with E-state index in [1.54, 1.807) is 0 Å². The molecule has 0 saturated carbocycles. The van der Waals surface area contributed by atoms with Crippen LogP contribution in [0.1, 0.15) is 26.7 Å². The van der Waals surface area contributed by atoms with E-state index in [-0.39, 0.29) is 6.54 Å². The van der Waals surface area contributed by atoms with E-state index in [0.717, 1.165) is 6.42 Å². The molecule has 60 valence electrons. The molecule has 0 heterocycles. The van der Waals surface area contributed by atoms with Gasteiger partial charge in [0.15, 0.2) is 0 Å². The van der Waals surface area contributed by atoms with Gasteiger partial charge in [0.1, 0.15) is 5.60 Å². The van der Waals surface area contributed by atoms with Crippen molar-refractivity contribution in [1.82, 2.24) is 0 Å². The Kier molecular flexibility index (Phi) is 3.28. The molecule has 0 aliphatic carbocycles. The van der Waals surface area contributed by atoms with Gasteiger partial charge in [0.25, 0.3) is 0 Å². The quantitative estimate of drug-likeness (QED) is 0.473. The highest BCUT2D eigenvalue weighted by Gasteiger charge is 2.25. The van der Waals surface area contributed by atoms with Crippen LogP contribution >= 0.6 is 0 Å². The van der Waals surface area contributed by atoms with Gasteiger partial charge in [-0.1, -0.05) is 13.3 Å². The molecular formula is C6H13NO3. The van der Waals surface area contributed by atoms with E-state index in [2.05, 4.69) is 0 Å². The van der Waals surface area contributed by atoms with E-state index < -0.39 is 10.5 Å². The van der Waals surface area contributed by atoms with Crippen LogP contribution in [0.4, 0.5) is 0 Å². The fourth-order valence-electron chi connectivity index (χ4n) is 0.896. The first-order chi connectivity index (χ1) is 4.48. The number of hydrogen-bond acceptors (Lipinski definition) is 3. The molecule has 0 aliphatic rings.